The number of aromatic nitrogens is 2. The van der Waals surface area contributed by atoms with Crippen LogP contribution >= 0.6 is 0 Å². The van der Waals surface area contributed by atoms with Crippen molar-refractivity contribution in [1.82, 2.24) is 9.55 Å². The summed E-state index contributed by atoms with van der Waals surface area (Å²) in [4.78, 5) is 19.2. The number of imidazole rings is 1. The third kappa shape index (κ3) is 2.95. The third-order valence-electron chi connectivity index (χ3n) is 4.70. The highest BCUT2D eigenvalue weighted by molar-refractivity contribution is 6.11. The summed E-state index contributed by atoms with van der Waals surface area (Å²) in [6, 6.07) is 15.0. The van der Waals surface area contributed by atoms with E-state index in [4.69, 9.17) is 9.47 Å². The Morgan fingerprint density at radius 1 is 1.14 bits per heavy atom. The monoisotopic (exact) mass is 374 g/mol. The number of fused-ring (bicyclic) bond motifs is 3. The molecule has 7 nitrogen and oxygen atoms in total. The summed E-state index contributed by atoms with van der Waals surface area (Å²) in [6.07, 6.45) is 1.54. The summed E-state index contributed by atoms with van der Waals surface area (Å²) in [6.45, 7) is 1.12. The molecule has 0 atom stereocenters. The van der Waals surface area contributed by atoms with E-state index < -0.39 is 0 Å². The van der Waals surface area contributed by atoms with E-state index in [1.807, 2.05) is 34.9 Å². The fourth-order valence-corrected chi connectivity index (χ4v) is 3.35. The molecule has 1 aliphatic heterocycles. The lowest BCUT2D eigenvalue weighted by molar-refractivity contribution is -0.114. The van der Waals surface area contributed by atoms with Crippen molar-refractivity contribution in [3.8, 4) is 17.6 Å². The molecule has 3 aromatic rings. The van der Waals surface area contributed by atoms with E-state index in [1.165, 1.54) is 0 Å². The number of anilines is 1. The van der Waals surface area contributed by atoms with Crippen LogP contribution < -0.4 is 14.4 Å². The fraction of sp³-hybridized carbons (Fsp3) is 0.190. The summed E-state index contributed by atoms with van der Waals surface area (Å²) in [7, 11) is 3.10. The molecule has 0 unspecified atom stereocenters. The summed E-state index contributed by atoms with van der Waals surface area (Å²) >= 11 is 0. The van der Waals surface area contributed by atoms with Crippen LogP contribution in [0, 0.1) is 11.3 Å². The number of rotatable bonds is 4. The van der Waals surface area contributed by atoms with Crippen molar-refractivity contribution in [3.05, 3.63) is 53.6 Å². The minimum absolute atomic E-state index is 0.0239. The van der Waals surface area contributed by atoms with Crippen LogP contribution in [0.2, 0.25) is 0 Å². The summed E-state index contributed by atoms with van der Waals surface area (Å²) < 4.78 is 12.5. The van der Waals surface area contributed by atoms with E-state index in [9.17, 15) is 10.1 Å². The second-order valence-corrected chi connectivity index (χ2v) is 6.32. The lowest BCUT2D eigenvalue weighted by Gasteiger charge is -2.13. The summed E-state index contributed by atoms with van der Waals surface area (Å²) in [5, 5.41) is 9.60. The Balaban J connectivity index is 1.70. The molecule has 0 saturated carbocycles. The molecule has 28 heavy (non-hydrogen) atoms. The van der Waals surface area contributed by atoms with Crippen LogP contribution in [0.3, 0.4) is 0 Å². The largest absolute Gasteiger partial charge is 0.497 e. The quantitative estimate of drug-likeness (QED) is 0.518. The van der Waals surface area contributed by atoms with Crippen LogP contribution in [0.4, 0.5) is 5.95 Å². The molecule has 1 aromatic heterocycles. The Morgan fingerprint density at radius 3 is 2.54 bits per heavy atom. The number of nitriles is 1. The van der Waals surface area contributed by atoms with Gasteiger partial charge in [0, 0.05) is 19.2 Å². The standard InChI is InChI=1S/C21H18N4O3/c1-27-16-10-14(11-17(12-16)28-2)9-15(13-22)20(26)25-8-7-24-19-6-4-3-5-18(19)23-21(24)25/h3-6,9-12H,7-8H2,1-2H3/b15-9+. The minimum atomic E-state index is -0.377. The van der Waals surface area contributed by atoms with Gasteiger partial charge >= 0.3 is 0 Å². The molecule has 0 saturated heterocycles. The molecular weight excluding hydrogens is 356 g/mol. The highest BCUT2D eigenvalue weighted by Gasteiger charge is 2.30. The van der Waals surface area contributed by atoms with Crippen molar-refractivity contribution in [2.45, 2.75) is 6.54 Å². The Labute approximate surface area is 162 Å². The second kappa shape index (κ2) is 7.08. The Kier molecular flexibility index (Phi) is 4.45. The van der Waals surface area contributed by atoms with Crippen molar-refractivity contribution < 1.29 is 14.3 Å². The van der Waals surface area contributed by atoms with Gasteiger partial charge in [0.15, 0.2) is 0 Å². The van der Waals surface area contributed by atoms with Gasteiger partial charge in [0.25, 0.3) is 5.91 Å². The predicted molar refractivity (Wildman–Crippen MR) is 105 cm³/mol. The maximum Gasteiger partial charge on any atom is 0.271 e. The van der Waals surface area contributed by atoms with E-state index in [1.54, 1.807) is 43.4 Å². The van der Waals surface area contributed by atoms with E-state index in [0.29, 0.717) is 36.1 Å². The van der Waals surface area contributed by atoms with Gasteiger partial charge in [-0.05, 0) is 35.9 Å². The first-order chi connectivity index (χ1) is 13.6. The molecule has 4 rings (SSSR count). The number of para-hydroxylation sites is 2. The van der Waals surface area contributed by atoms with Gasteiger partial charge in [-0.25, -0.2) is 4.98 Å². The van der Waals surface area contributed by atoms with Crippen molar-refractivity contribution in [2.24, 2.45) is 0 Å². The van der Waals surface area contributed by atoms with Gasteiger partial charge in [0.05, 0.1) is 25.3 Å². The SMILES string of the molecule is COc1cc(/C=C(\C#N)C(=O)N2CCn3c2nc2ccccc23)cc(OC)c1. The Hall–Kier alpha value is -3.79. The zero-order chi connectivity index (χ0) is 19.7. The fourth-order valence-electron chi connectivity index (χ4n) is 3.35. The number of nitrogens with zero attached hydrogens (tertiary/aromatic N) is 4. The highest BCUT2D eigenvalue weighted by atomic mass is 16.5. The molecule has 0 aliphatic carbocycles. The van der Waals surface area contributed by atoms with Crippen LogP contribution in [-0.4, -0.2) is 36.2 Å². The molecule has 1 aliphatic rings. The molecule has 140 valence electrons. The Morgan fingerprint density at radius 2 is 1.86 bits per heavy atom. The number of amides is 1. The van der Waals surface area contributed by atoms with E-state index in [0.717, 1.165) is 11.0 Å². The first-order valence-electron chi connectivity index (χ1n) is 8.76. The lowest BCUT2D eigenvalue weighted by atomic mass is 10.1. The molecule has 1 amide bonds. The van der Waals surface area contributed by atoms with Gasteiger partial charge in [-0.2, -0.15) is 5.26 Å². The van der Waals surface area contributed by atoms with E-state index in [-0.39, 0.29) is 11.5 Å². The molecule has 0 fully saturated rings. The van der Waals surface area contributed by atoms with Crippen LogP contribution in [0.5, 0.6) is 11.5 Å². The molecule has 2 aromatic carbocycles. The van der Waals surface area contributed by atoms with Crippen LogP contribution in [0.1, 0.15) is 5.56 Å². The molecule has 0 N–H and O–H groups in total. The molecule has 0 radical (unpaired) electrons. The Bertz CT molecular complexity index is 1120. The number of carbonyl (C=O) groups is 1. The van der Waals surface area contributed by atoms with Gasteiger partial charge in [-0.3, -0.25) is 9.69 Å². The zero-order valence-corrected chi connectivity index (χ0v) is 15.5. The minimum Gasteiger partial charge on any atom is -0.497 e. The highest BCUT2D eigenvalue weighted by Crippen LogP contribution is 2.29. The molecule has 0 bridgehead atoms. The van der Waals surface area contributed by atoms with Gasteiger partial charge in [0.1, 0.15) is 23.1 Å². The smallest absolute Gasteiger partial charge is 0.271 e. The van der Waals surface area contributed by atoms with Crippen molar-refractivity contribution in [2.75, 3.05) is 25.7 Å². The van der Waals surface area contributed by atoms with Gasteiger partial charge in [-0.15, -0.1) is 0 Å². The van der Waals surface area contributed by atoms with Crippen molar-refractivity contribution in [1.29, 1.82) is 5.26 Å². The first kappa shape index (κ1) is 17.6. The molecule has 7 heteroatoms. The average Bonchev–Trinajstić information content (AvgIpc) is 3.30. The first-order valence-corrected chi connectivity index (χ1v) is 8.76. The van der Waals surface area contributed by atoms with Crippen LogP contribution in [0.15, 0.2) is 48.0 Å². The third-order valence-corrected chi connectivity index (χ3v) is 4.70. The normalized spacial score (nSPS) is 13.3. The van der Waals surface area contributed by atoms with E-state index >= 15 is 0 Å². The number of methoxy groups -OCH3 is 2. The van der Waals surface area contributed by atoms with Crippen molar-refractivity contribution in [3.63, 3.8) is 0 Å². The maximum absolute atomic E-state index is 13.0. The molecule has 2 heterocycles. The zero-order valence-electron chi connectivity index (χ0n) is 15.5. The summed E-state index contributed by atoms with van der Waals surface area (Å²) in [5.74, 6) is 1.35. The number of hydrogen-bond donors (Lipinski definition) is 0. The van der Waals surface area contributed by atoms with Crippen molar-refractivity contribution >= 4 is 29.0 Å². The maximum atomic E-state index is 13.0. The number of hydrogen-bond acceptors (Lipinski definition) is 5. The van der Waals surface area contributed by atoms with Crippen LogP contribution in [-0.2, 0) is 11.3 Å². The number of carbonyl (C=O) groups excluding carboxylic acids is 1. The topological polar surface area (TPSA) is 80.4 Å². The van der Waals surface area contributed by atoms with Gasteiger partial charge < -0.3 is 14.0 Å². The lowest BCUT2D eigenvalue weighted by Crippen LogP contribution is -2.30. The number of ether oxygens (including phenoxy) is 2. The van der Waals surface area contributed by atoms with Crippen LogP contribution in [0.25, 0.3) is 17.1 Å². The summed E-state index contributed by atoms with van der Waals surface area (Å²) in [5.41, 5.74) is 2.48. The average molecular weight is 374 g/mol. The molecule has 0 spiro atoms. The second-order valence-electron chi connectivity index (χ2n) is 6.32. The predicted octanol–water partition coefficient (Wildman–Crippen LogP) is 3.01. The van der Waals surface area contributed by atoms with Gasteiger partial charge in [-0.1, -0.05) is 12.1 Å². The van der Waals surface area contributed by atoms with Gasteiger partial charge in [0.2, 0.25) is 5.95 Å². The number of benzene rings is 2. The molecular formula is C21H18N4O3. The van der Waals surface area contributed by atoms with E-state index in [2.05, 4.69) is 4.98 Å².